The zero-order chi connectivity index (χ0) is 30.5. The smallest absolute Gasteiger partial charge is 0.268 e. The third-order valence-electron chi connectivity index (χ3n) is 8.08. The molecule has 0 aliphatic rings. The molecule has 0 aliphatic heterocycles. The fourth-order valence-corrected chi connectivity index (χ4v) is 5.84. The van der Waals surface area contributed by atoms with Crippen LogP contribution in [0.25, 0.3) is 50.0 Å². The van der Waals surface area contributed by atoms with E-state index >= 15 is 0 Å². The fourth-order valence-electron chi connectivity index (χ4n) is 5.84. The SMILES string of the molecule is CC(C)(C)c1ccnc(-n2c3[c-]c(Oc4[c-]c(-n5[c-][n+](-c6cccnc6)c6ccccc65)ccc4)ccc3c3ccccc32)c1.[Pt]. The summed E-state index contributed by atoms with van der Waals surface area (Å²) in [6, 6.07) is 41.7. The molecule has 7 heteroatoms. The Bertz CT molecular complexity index is 2350. The molecule has 0 aliphatic carbocycles. The van der Waals surface area contributed by atoms with Crippen LogP contribution in [0, 0.1) is 18.5 Å². The average molecular weight is 779 g/mol. The number of ether oxygens (including phenoxy) is 1. The first kappa shape index (κ1) is 29.6. The van der Waals surface area contributed by atoms with Crippen LogP contribution in [0.1, 0.15) is 26.3 Å². The summed E-state index contributed by atoms with van der Waals surface area (Å²) in [5.41, 5.74) is 6.95. The minimum atomic E-state index is -0.00495. The van der Waals surface area contributed by atoms with E-state index in [-0.39, 0.29) is 26.5 Å². The summed E-state index contributed by atoms with van der Waals surface area (Å²) in [5, 5.41) is 2.23. The van der Waals surface area contributed by atoms with Gasteiger partial charge in [0.25, 0.3) is 6.33 Å². The van der Waals surface area contributed by atoms with Crippen molar-refractivity contribution in [3.8, 4) is 28.7 Å². The minimum Gasteiger partial charge on any atom is -0.510 e. The molecule has 228 valence electrons. The second-order valence-corrected chi connectivity index (χ2v) is 12.1. The van der Waals surface area contributed by atoms with Crippen LogP contribution in [-0.4, -0.2) is 19.1 Å². The molecular formula is C39H29N5OPt-2. The summed E-state index contributed by atoms with van der Waals surface area (Å²) in [5.74, 6) is 2.03. The van der Waals surface area contributed by atoms with Gasteiger partial charge in [0.15, 0.2) is 0 Å². The number of imidazole rings is 1. The van der Waals surface area contributed by atoms with Crippen LogP contribution in [0.4, 0.5) is 0 Å². The largest absolute Gasteiger partial charge is 0.510 e. The van der Waals surface area contributed by atoms with E-state index in [1.807, 2.05) is 70.1 Å². The Kier molecular flexibility index (Phi) is 7.54. The van der Waals surface area contributed by atoms with Crippen molar-refractivity contribution in [2.24, 2.45) is 0 Å². The Balaban J connectivity index is 0.00000338. The molecule has 0 amide bonds. The van der Waals surface area contributed by atoms with Gasteiger partial charge in [0, 0.05) is 56.7 Å². The molecule has 0 bridgehead atoms. The maximum Gasteiger partial charge on any atom is 0.268 e. The van der Waals surface area contributed by atoms with Crippen LogP contribution in [0.15, 0.2) is 122 Å². The monoisotopic (exact) mass is 778 g/mol. The summed E-state index contributed by atoms with van der Waals surface area (Å²) in [4.78, 5) is 9.09. The van der Waals surface area contributed by atoms with Gasteiger partial charge in [0.1, 0.15) is 5.82 Å². The number of rotatable bonds is 5. The van der Waals surface area contributed by atoms with E-state index in [0.29, 0.717) is 11.5 Å². The van der Waals surface area contributed by atoms with Crippen LogP contribution in [-0.2, 0) is 26.5 Å². The molecule has 6 nitrogen and oxygen atoms in total. The molecule has 0 spiro atoms. The first-order valence-electron chi connectivity index (χ1n) is 14.9. The fraction of sp³-hybridized carbons (Fsp3) is 0.103. The van der Waals surface area contributed by atoms with Gasteiger partial charge in [-0.15, -0.1) is 29.7 Å². The summed E-state index contributed by atoms with van der Waals surface area (Å²) in [6.45, 7) is 6.65. The molecule has 0 fully saturated rings. The van der Waals surface area contributed by atoms with Gasteiger partial charge in [-0.3, -0.25) is 9.55 Å². The number of aromatic nitrogens is 5. The molecule has 8 rings (SSSR count). The van der Waals surface area contributed by atoms with Crippen LogP contribution >= 0.6 is 0 Å². The van der Waals surface area contributed by atoms with Crippen molar-refractivity contribution in [1.29, 1.82) is 0 Å². The molecule has 4 aromatic heterocycles. The van der Waals surface area contributed by atoms with Crippen LogP contribution in [0.3, 0.4) is 0 Å². The molecule has 0 saturated heterocycles. The Morgan fingerprint density at radius 3 is 2.37 bits per heavy atom. The predicted octanol–water partition coefficient (Wildman–Crippen LogP) is 8.28. The average Bonchev–Trinajstić information content (AvgIpc) is 3.61. The Hall–Kier alpha value is -5.06. The zero-order valence-electron chi connectivity index (χ0n) is 25.5. The van der Waals surface area contributed by atoms with Gasteiger partial charge in [0.05, 0.1) is 16.7 Å². The van der Waals surface area contributed by atoms with Gasteiger partial charge in [0.2, 0.25) is 0 Å². The molecule has 0 saturated carbocycles. The molecule has 0 radical (unpaired) electrons. The van der Waals surface area contributed by atoms with Gasteiger partial charge in [-0.25, -0.2) is 4.98 Å². The van der Waals surface area contributed by atoms with E-state index in [1.54, 1.807) is 6.20 Å². The van der Waals surface area contributed by atoms with Gasteiger partial charge >= 0.3 is 0 Å². The third-order valence-corrected chi connectivity index (χ3v) is 8.08. The second-order valence-electron chi connectivity index (χ2n) is 12.1. The number of hydrogen-bond acceptors (Lipinski definition) is 3. The van der Waals surface area contributed by atoms with E-state index in [0.717, 1.165) is 50.0 Å². The molecule has 46 heavy (non-hydrogen) atoms. The third kappa shape index (κ3) is 5.19. The van der Waals surface area contributed by atoms with E-state index in [2.05, 4.69) is 103 Å². The minimum absolute atomic E-state index is 0. The molecular weight excluding hydrogens is 750 g/mol. The van der Waals surface area contributed by atoms with Crippen molar-refractivity contribution >= 4 is 32.8 Å². The number of benzene rings is 4. The molecule has 4 aromatic carbocycles. The number of nitrogens with zero attached hydrogens (tertiary/aromatic N) is 5. The number of hydrogen-bond donors (Lipinski definition) is 0. The summed E-state index contributed by atoms with van der Waals surface area (Å²) in [6.07, 6.45) is 8.97. The maximum atomic E-state index is 6.43. The van der Waals surface area contributed by atoms with Gasteiger partial charge in [-0.2, -0.15) is 18.2 Å². The molecule has 0 atom stereocenters. The molecule has 4 heterocycles. The number of para-hydroxylation sites is 3. The number of fused-ring (bicyclic) bond motifs is 4. The predicted molar refractivity (Wildman–Crippen MR) is 176 cm³/mol. The summed E-state index contributed by atoms with van der Waals surface area (Å²) < 4.78 is 12.6. The Morgan fingerprint density at radius 1 is 0.739 bits per heavy atom. The first-order chi connectivity index (χ1) is 21.9. The van der Waals surface area contributed by atoms with Crippen molar-refractivity contribution in [1.82, 2.24) is 19.1 Å². The van der Waals surface area contributed by atoms with E-state index in [1.165, 1.54) is 5.56 Å². The van der Waals surface area contributed by atoms with E-state index in [4.69, 9.17) is 9.72 Å². The van der Waals surface area contributed by atoms with Gasteiger partial charge < -0.3 is 13.9 Å². The van der Waals surface area contributed by atoms with Crippen molar-refractivity contribution < 1.29 is 30.4 Å². The standard InChI is InChI=1S/C39H29N5O.Pt/c1-39(2,3)27-19-21-41-38(22-27)44-34-14-5-4-13-32(34)33-18-17-31(24-37(33)44)45-30-12-8-10-28(23-30)42-26-43(29-11-9-20-40-25-29)36-16-7-6-15-35(36)42;/h4-22,25H,1-3H3;/q-2;. The molecule has 8 aromatic rings. The van der Waals surface area contributed by atoms with Crippen molar-refractivity contribution in [3.63, 3.8) is 0 Å². The van der Waals surface area contributed by atoms with Gasteiger partial charge in [-0.05, 0) is 52.4 Å². The quantitative estimate of drug-likeness (QED) is 0.131. The van der Waals surface area contributed by atoms with Crippen LogP contribution in [0.5, 0.6) is 11.5 Å². The van der Waals surface area contributed by atoms with E-state index in [9.17, 15) is 0 Å². The summed E-state index contributed by atoms with van der Waals surface area (Å²) in [7, 11) is 0. The maximum absolute atomic E-state index is 6.43. The van der Waals surface area contributed by atoms with Crippen molar-refractivity contribution in [3.05, 3.63) is 146 Å². The summed E-state index contributed by atoms with van der Waals surface area (Å²) >= 11 is 0. The molecule has 0 unspecified atom stereocenters. The topological polar surface area (TPSA) is 48.8 Å². The zero-order valence-corrected chi connectivity index (χ0v) is 27.8. The van der Waals surface area contributed by atoms with Crippen LogP contribution < -0.4 is 9.30 Å². The molecule has 0 N–H and O–H groups in total. The van der Waals surface area contributed by atoms with E-state index < -0.39 is 0 Å². The second kappa shape index (κ2) is 11.7. The first-order valence-corrected chi connectivity index (χ1v) is 14.9. The normalized spacial score (nSPS) is 11.6. The number of pyridine rings is 2. The van der Waals surface area contributed by atoms with Crippen molar-refractivity contribution in [2.75, 3.05) is 0 Å². The van der Waals surface area contributed by atoms with Gasteiger partial charge in [-0.1, -0.05) is 68.8 Å². The van der Waals surface area contributed by atoms with Crippen LogP contribution in [0.2, 0.25) is 0 Å². The van der Waals surface area contributed by atoms with Crippen molar-refractivity contribution in [2.45, 2.75) is 26.2 Å². The Labute approximate surface area is 281 Å². The Morgan fingerprint density at radius 2 is 1.54 bits per heavy atom.